The number of nitrogens with one attached hydrogen (secondary N) is 1. The molecule has 0 amide bonds. The Labute approximate surface area is 164 Å². The summed E-state index contributed by atoms with van der Waals surface area (Å²) in [5, 5.41) is 5.18. The molecule has 1 saturated heterocycles. The van der Waals surface area contributed by atoms with Gasteiger partial charge < -0.3 is 11.1 Å². The van der Waals surface area contributed by atoms with Crippen LogP contribution in [-0.4, -0.2) is 35.5 Å². The van der Waals surface area contributed by atoms with Crippen molar-refractivity contribution in [2.75, 3.05) is 25.0 Å². The Morgan fingerprint density at radius 1 is 1.38 bits per heavy atom. The summed E-state index contributed by atoms with van der Waals surface area (Å²) in [4.78, 5) is 12.6. The van der Waals surface area contributed by atoms with Crippen LogP contribution in [0.5, 0.6) is 0 Å². The molecular formula is C17H24IN5S. The summed E-state index contributed by atoms with van der Waals surface area (Å²) in [5.41, 5.74) is 5.95. The molecule has 3 rings (SSSR count). The molecule has 3 N–H and O–H groups in total. The van der Waals surface area contributed by atoms with E-state index in [2.05, 4.69) is 37.7 Å². The van der Waals surface area contributed by atoms with Gasteiger partial charge in [-0.25, -0.2) is 4.98 Å². The van der Waals surface area contributed by atoms with E-state index in [-0.39, 0.29) is 24.0 Å². The Bertz CT molecular complexity index is 617. The highest BCUT2D eigenvalue weighted by Crippen LogP contribution is 2.20. The first kappa shape index (κ1) is 19.1. The molecule has 0 bridgehead atoms. The highest BCUT2D eigenvalue weighted by Gasteiger charge is 2.20. The number of nitrogens with two attached hydrogens (primary N) is 1. The van der Waals surface area contributed by atoms with E-state index in [1.807, 2.05) is 29.5 Å². The second kappa shape index (κ2) is 9.95. The lowest BCUT2D eigenvalue weighted by atomic mass is 9.98. The molecule has 0 spiro atoms. The van der Waals surface area contributed by atoms with E-state index < -0.39 is 0 Å². The topological polar surface area (TPSA) is 66.5 Å². The second-order valence-corrected chi connectivity index (χ2v) is 6.92. The van der Waals surface area contributed by atoms with Gasteiger partial charge in [0.05, 0.1) is 0 Å². The SMILES string of the molecule is I.NC(=NCC1CCCN(Cc2cccs2)C1)Nc1ccccn1. The maximum atomic E-state index is 5.95. The molecule has 1 unspecified atom stereocenters. The Morgan fingerprint density at radius 3 is 3.04 bits per heavy atom. The highest BCUT2D eigenvalue weighted by molar-refractivity contribution is 14.0. The summed E-state index contributed by atoms with van der Waals surface area (Å²) in [6.07, 6.45) is 4.19. The van der Waals surface area contributed by atoms with Crippen LogP contribution in [0.15, 0.2) is 46.9 Å². The summed E-state index contributed by atoms with van der Waals surface area (Å²) >= 11 is 1.83. The maximum Gasteiger partial charge on any atom is 0.194 e. The van der Waals surface area contributed by atoms with Gasteiger partial charge in [0, 0.05) is 30.7 Å². The van der Waals surface area contributed by atoms with Gasteiger partial charge in [0.1, 0.15) is 5.82 Å². The summed E-state index contributed by atoms with van der Waals surface area (Å²) in [5.74, 6) is 1.75. The minimum absolute atomic E-state index is 0. The normalized spacial score (nSPS) is 18.8. The van der Waals surface area contributed by atoms with Crippen molar-refractivity contribution >= 4 is 47.1 Å². The van der Waals surface area contributed by atoms with Crippen LogP contribution in [-0.2, 0) is 6.54 Å². The average Bonchev–Trinajstić information content (AvgIpc) is 3.07. The summed E-state index contributed by atoms with van der Waals surface area (Å²) in [6.45, 7) is 4.10. The minimum Gasteiger partial charge on any atom is -0.370 e. The first-order valence-corrected chi connectivity index (χ1v) is 8.90. The van der Waals surface area contributed by atoms with Gasteiger partial charge in [0.25, 0.3) is 0 Å². The number of nitrogens with zero attached hydrogens (tertiary/aromatic N) is 3. The number of pyridine rings is 1. The molecular weight excluding hydrogens is 433 g/mol. The van der Waals surface area contributed by atoms with Crippen LogP contribution in [0, 0.1) is 5.92 Å². The number of thiophene rings is 1. The first-order chi connectivity index (χ1) is 11.3. The summed E-state index contributed by atoms with van der Waals surface area (Å²) < 4.78 is 0. The molecule has 0 aromatic carbocycles. The fraction of sp³-hybridized carbons (Fsp3) is 0.412. The van der Waals surface area contributed by atoms with Crippen molar-refractivity contribution < 1.29 is 0 Å². The van der Waals surface area contributed by atoms with Crippen LogP contribution in [0.3, 0.4) is 0 Å². The molecule has 5 nitrogen and oxygen atoms in total. The van der Waals surface area contributed by atoms with Gasteiger partial charge in [0.2, 0.25) is 0 Å². The number of hydrogen-bond acceptors (Lipinski definition) is 4. The maximum absolute atomic E-state index is 5.95. The number of piperidine rings is 1. The number of guanidine groups is 1. The number of aliphatic imine (C=N–C) groups is 1. The molecule has 0 saturated carbocycles. The Hall–Kier alpha value is -1.19. The number of rotatable bonds is 5. The van der Waals surface area contributed by atoms with E-state index in [0.29, 0.717) is 11.9 Å². The number of likely N-dealkylation sites (tertiary alicyclic amines) is 1. The fourth-order valence-electron chi connectivity index (χ4n) is 2.90. The predicted molar refractivity (Wildman–Crippen MR) is 112 cm³/mol. The van der Waals surface area contributed by atoms with Crippen molar-refractivity contribution in [2.45, 2.75) is 19.4 Å². The van der Waals surface area contributed by atoms with Gasteiger partial charge >= 0.3 is 0 Å². The molecule has 1 aliphatic heterocycles. The Kier molecular flexibility index (Phi) is 7.93. The average molecular weight is 457 g/mol. The molecule has 130 valence electrons. The van der Waals surface area contributed by atoms with Crippen LogP contribution in [0.25, 0.3) is 0 Å². The molecule has 0 aliphatic carbocycles. The molecule has 1 fully saturated rings. The molecule has 24 heavy (non-hydrogen) atoms. The molecule has 1 aliphatic rings. The summed E-state index contributed by atoms with van der Waals surface area (Å²) in [7, 11) is 0. The summed E-state index contributed by atoms with van der Waals surface area (Å²) in [6, 6.07) is 10.0. The lowest BCUT2D eigenvalue weighted by Crippen LogP contribution is -2.36. The van der Waals surface area contributed by atoms with Gasteiger partial charge in [-0.3, -0.25) is 9.89 Å². The van der Waals surface area contributed by atoms with Crippen molar-refractivity contribution in [1.82, 2.24) is 9.88 Å². The monoisotopic (exact) mass is 457 g/mol. The van der Waals surface area contributed by atoms with Crippen LogP contribution in [0.1, 0.15) is 17.7 Å². The van der Waals surface area contributed by atoms with Crippen molar-refractivity contribution in [2.24, 2.45) is 16.6 Å². The molecule has 1 atom stereocenters. The Morgan fingerprint density at radius 2 is 2.29 bits per heavy atom. The van der Waals surface area contributed by atoms with E-state index in [1.165, 1.54) is 24.3 Å². The van der Waals surface area contributed by atoms with Crippen molar-refractivity contribution in [3.05, 3.63) is 46.8 Å². The third kappa shape index (κ3) is 6.03. The zero-order chi connectivity index (χ0) is 15.9. The molecule has 2 aromatic heterocycles. The highest BCUT2D eigenvalue weighted by atomic mass is 127. The van der Waals surface area contributed by atoms with Crippen LogP contribution < -0.4 is 11.1 Å². The van der Waals surface area contributed by atoms with Crippen LogP contribution >= 0.6 is 35.3 Å². The largest absolute Gasteiger partial charge is 0.370 e. The van der Waals surface area contributed by atoms with Gasteiger partial charge in [-0.05, 0) is 48.9 Å². The standard InChI is InChI=1S/C17H23N5S.HI/c18-17(21-16-7-1-2-8-19-16)20-11-14-5-3-9-22(12-14)13-15-6-4-10-23-15;/h1-2,4,6-8,10,14H,3,5,9,11-13H2,(H3,18,19,20,21);1H. The zero-order valence-corrected chi connectivity index (χ0v) is 16.7. The zero-order valence-electron chi connectivity index (χ0n) is 13.6. The lowest BCUT2D eigenvalue weighted by molar-refractivity contribution is 0.172. The van der Waals surface area contributed by atoms with E-state index in [1.54, 1.807) is 6.20 Å². The fourth-order valence-corrected chi connectivity index (χ4v) is 3.65. The first-order valence-electron chi connectivity index (χ1n) is 8.02. The van der Waals surface area contributed by atoms with E-state index >= 15 is 0 Å². The third-order valence-corrected chi connectivity index (χ3v) is 4.86. The van der Waals surface area contributed by atoms with Gasteiger partial charge in [0.15, 0.2) is 5.96 Å². The quantitative estimate of drug-likeness (QED) is 0.411. The molecule has 7 heteroatoms. The smallest absolute Gasteiger partial charge is 0.194 e. The van der Waals surface area contributed by atoms with E-state index in [4.69, 9.17) is 5.73 Å². The van der Waals surface area contributed by atoms with E-state index in [9.17, 15) is 0 Å². The third-order valence-electron chi connectivity index (χ3n) is 4.00. The predicted octanol–water partition coefficient (Wildman–Crippen LogP) is 3.40. The van der Waals surface area contributed by atoms with Crippen LogP contribution in [0.2, 0.25) is 0 Å². The van der Waals surface area contributed by atoms with Crippen molar-refractivity contribution in [1.29, 1.82) is 0 Å². The van der Waals surface area contributed by atoms with Gasteiger partial charge in [-0.2, -0.15) is 0 Å². The van der Waals surface area contributed by atoms with Gasteiger partial charge in [-0.1, -0.05) is 12.1 Å². The number of halogens is 1. The van der Waals surface area contributed by atoms with Crippen molar-refractivity contribution in [3.63, 3.8) is 0 Å². The molecule has 0 radical (unpaired) electrons. The Balaban J connectivity index is 0.00000208. The lowest BCUT2D eigenvalue weighted by Gasteiger charge is -2.31. The number of anilines is 1. The van der Waals surface area contributed by atoms with Crippen LogP contribution in [0.4, 0.5) is 5.82 Å². The minimum atomic E-state index is 0. The number of hydrogen-bond donors (Lipinski definition) is 2. The van der Waals surface area contributed by atoms with Gasteiger partial charge in [-0.15, -0.1) is 35.3 Å². The molecule has 3 heterocycles. The molecule has 2 aromatic rings. The van der Waals surface area contributed by atoms with Crippen molar-refractivity contribution in [3.8, 4) is 0 Å². The second-order valence-electron chi connectivity index (χ2n) is 5.89. The van der Waals surface area contributed by atoms with E-state index in [0.717, 1.165) is 25.5 Å². The number of aromatic nitrogens is 1.